The molecule has 9 atom stereocenters. The summed E-state index contributed by atoms with van der Waals surface area (Å²) in [5.74, 6) is -0.707. The summed E-state index contributed by atoms with van der Waals surface area (Å²) in [6.07, 6.45) is 5.39. The van der Waals surface area contributed by atoms with Crippen LogP contribution >= 0.6 is 0 Å². The number of hydrogen-bond acceptors (Lipinski definition) is 8. The Hall–Kier alpha value is -1.93. The van der Waals surface area contributed by atoms with Crippen molar-refractivity contribution >= 4 is 17.9 Å². The van der Waals surface area contributed by atoms with Gasteiger partial charge >= 0.3 is 17.9 Å². The summed E-state index contributed by atoms with van der Waals surface area (Å²) in [6.45, 7) is 7.12. The zero-order chi connectivity index (χ0) is 25.4. The number of ether oxygens (including phenoxy) is 3. The lowest BCUT2D eigenvalue weighted by Gasteiger charge is -2.66. The fraction of sp³-hybridized carbons (Fsp3) is 0.815. The predicted octanol–water partition coefficient (Wildman–Crippen LogP) is 2.83. The van der Waals surface area contributed by atoms with Crippen LogP contribution in [0.15, 0.2) is 11.6 Å². The first-order valence-electron chi connectivity index (χ1n) is 13.0. The predicted molar refractivity (Wildman–Crippen MR) is 124 cm³/mol. The molecule has 0 unspecified atom stereocenters. The molecule has 4 saturated carbocycles. The van der Waals surface area contributed by atoms with Crippen LogP contribution < -0.4 is 0 Å². The Kier molecular flexibility index (Phi) is 5.68. The molecule has 194 valence electrons. The second-order valence-electron chi connectivity index (χ2n) is 12.2. The van der Waals surface area contributed by atoms with Crippen molar-refractivity contribution in [2.45, 2.75) is 102 Å². The number of carbonyl (C=O) groups excluding carboxylic acids is 3. The molecule has 1 aliphatic heterocycles. The van der Waals surface area contributed by atoms with Gasteiger partial charge in [0.2, 0.25) is 0 Å². The molecule has 2 N–H and O–H groups in total. The van der Waals surface area contributed by atoms with Crippen LogP contribution in [0.4, 0.5) is 0 Å². The summed E-state index contributed by atoms with van der Waals surface area (Å²) in [5.41, 5.74) is -2.68. The van der Waals surface area contributed by atoms with Crippen molar-refractivity contribution in [2.75, 3.05) is 6.61 Å². The van der Waals surface area contributed by atoms with Crippen molar-refractivity contribution in [3.05, 3.63) is 11.6 Å². The molecule has 0 aromatic heterocycles. The molecule has 0 saturated heterocycles. The summed E-state index contributed by atoms with van der Waals surface area (Å²) in [4.78, 5) is 35.6. The number of carbonyl (C=O) groups is 3. The first-order valence-corrected chi connectivity index (χ1v) is 13.0. The van der Waals surface area contributed by atoms with E-state index in [0.717, 1.165) is 19.3 Å². The van der Waals surface area contributed by atoms with Crippen LogP contribution in [0, 0.1) is 28.6 Å². The van der Waals surface area contributed by atoms with Crippen molar-refractivity contribution in [3.63, 3.8) is 0 Å². The van der Waals surface area contributed by atoms with Crippen molar-refractivity contribution in [2.24, 2.45) is 28.6 Å². The van der Waals surface area contributed by atoms with Gasteiger partial charge in [-0.3, -0.25) is 9.59 Å². The molecule has 5 rings (SSSR count). The van der Waals surface area contributed by atoms with E-state index in [0.29, 0.717) is 31.3 Å². The monoisotopic (exact) mass is 490 g/mol. The molecule has 35 heavy (non-hydrogen) atoms. The largest absolute Gasteiger partial charge is 0.462 e. The topological polar surface area (TPSA) is 119 Å². The van der Waals surface area contributed by atoms with Crippen LogP contribution in [0.2, 0.25) is 0 Å². The molecule has 4 fully saturated rings. The van der Waals surface area contributed by atoms with Gasteiger partial charge in [-0.05, 0) is 62.7 Å². The Morgan fingerprint density at radius 2 is 1.60 bits per heavy atom. The molecular formula is C27H38O8. The molecule has 8 heteroatoms. The maximum absolute atomic E-state index is 12.2. The lowest BCUT2D eigenvalue weighted by Crippen LogP contribution is -2.70. The third kappa shape index (κ3) is 3.42. The van der Waals surface area contributed by atoms with Crippen LogP contribution in [0.1, 0.15) is 79.1 Å². The summed E-state index contributed by atoms with van der Waals surface area (Å²) < 4.78 is 16.5. The second-order valence-corrected chi connectivity index (χ2v) is 12.2. The molecule has 0 aromatic rings. The van der Waals surface area contributed by atoms with Crippen molar-refractivity contribution in [1.29, 1.82) is 0 Å². The third-order valence-electron chi connectivity index (χ3n) is 10.8. The Morgan fingerprint density at radius 3 is 2.23 bits per heavy atom. The molecule has 8 nitrogen and oxygen atoms in total. The number of rotatable bonds is 3. The quantitative estimate of drug-likeness (QED) is 0.458. The number of aliphatic hydroxyl groups is 2. The lowest BCUT2D eigenvalue weighted by molar-refractivity contribution is -0.273. The summed E-state index contributed by atoms with van der Waals surface area (Å²) >= 11 is 0. The van der Waals surface area contributed by atoms with Crippen molar-refractivity contribution in [3.8, 4) is 0 Å². The highest BCUT2D eigenvalue weighted by molar-refractivity contribution is 5.85. The summed E-state index contributed by atoms with van der Waals surface area (Å²) in [5, 5.41) is 24.2. The average Bonchev–Trinajstić information content (AvgIpc) is 3.31. The van der Waals surface area contributed by atoms with Crippen molar-refractivity contribution < 1.29 is 38.8 Å². The zero-order valence-corrected chi connectivity index (χ0v) is 21.2. The van der Waals surface area contributed by atoms with E-state index in [1.54, 1.807) is 0 Å². The van der Waals surface area contributed by atoms with E-state index in [-0.39, 0.29) is 36.8 Å². The number of cyclic esters (lactones) is 1. The molecular weight excluding hydrogens is 452 g/mol. The third-order valence-corrected chi connectivity index (χ3v) is 10.8. The molecule has 0 radical (unpaired) electrons. The average molecular weight is 491 g/mol. The fourth-order valence-electron chi connectivity index (χ4n) is 9.05. The second kappa shape index (κ2) is 8.04. The summed E-state index contributed by atoms with van der Waals surface area (Å²) in [7, 11) is 0. The normalized spacial score (nSPS) is 48.7. The Bertz CT molecular complexity index is 974. The van der Waals surface area contributed by atoms with Gasteiger partial charge in [0.25, 0.3) is 0 Å². The van der Waals surface area contributed by atoms with Gasteiger partial charge in [-0.1, -0.05) is 13.8 Å². The first kappa shape index (κ1) is 24.8. The maximum atomic E-state index is 12.2. The number of hydrogen-bond donors (Lipinski definition) is 2. The van der Waals surface area contributed by atoms with Gasteiger partial charge in [0.1, 0.15) is 24.4 Å². The Labute approximate surface area is 206 Å². The van der Waals surface area contributed by atoms with Gasteiger partial charge < -0.3 is 24.4 Å². The smallest absolute Gasteiger partial charge is 0.331 e. The van der Waals surface area contributed by atoms with Crippen molar-refractivity contribution in [1.82, 2.24) is 0 Å². The standard InChI is InChI=1S/C27H38O8/c1-15(28)34-18-5-8-25(4)20-6-9-24(3)21(7-10-26(24,31)17-11-23(30)33-14-17)19(20)12-22(35-16(2)29)27(25,32)13-18/h11,18-22,31-32H,5-10,12-14H2,1-4H3/t18-,19+,20-,21-,22-,24-,25+,26-,27-/m0/s1. The molecule has 4 aliphatic carbocycles. The molecule has 0 aromatic carbocycles. The first-order chi connectivity index (χ1) is 16.3. The van der Waals surface area contributed by atoms with E-state index >= 15 is 0 Å². The molecule has 1 heterocycles. The fourth-order valence-corrected chi connectivity index (χ4v) is 9.05. The Morgan fingerprint density at radius 1 is 0.971 bits per heavy atom. The van der Waals surface area contributed by atoms with E-state index in [1.807, 2.05) is 0 Å². The van der Waals surface area contributed by atoms with E-state index in [2.05, 4.69) is 13.8 Å². The summed E-state index contributed by atoms with van der Waals surface area (Å²) in [6, 6.07) is 0. The van der Waals surface area contributed by atoms with Crippen LogP contribution in [0.3, 0.4) is 0 Å². The van der Waals surface area contributed by atoms with E-state index in [1.165, 1.54) is 19.9 Å². The van der Waals surface area contributed by atoms with Gasteiger partial charge in [-0.2, -0.15) is 0 Å². The SMILES string of the molecule is CC(=O)O[C@H]1CC[C@]2(C)[C@H]3CC[C@@]4(C)[C@@H](CC[C@]4(O)C4=CC(=O)OC4)[C@@H]3C[C@H](OC(C)=O)[C@@]2(O)C1. The minimum Gasteiger partial charge on any atom is -0.462 e. The number of esters is 3. The van der Waals surface area contributed by atoms with Gasteiger partial charge in [0, 0.05) is 42.7 Å². The number of fused-ring (bicyclic) bond motifs is 5. The van der Waals surface area contributed by atoms with Crippen LogP contribution in [0.25, 0.3) is 0 Å². The highest BCUT2D eigenvalue weighted by atomic mass is 16.6. The molecule has 5 aliphatic rings. The maximum Gasteiger partial charge on any atom is 0.331 e. The van der Waals surface area contributed by atoms with Gasteiger partial charge in [-0.15, -0.1) is 0 Å². The van der Waals surface area contributed by atoms with Gasteiger partial charge in [0.05, 0.1) is 5.60 Å². The minimum atomic E-state index is -1.30. The minimum absolute atomic E-state index is 0.136. The van der Waals surface area contributed by atoms with Crippen LogP contribution in [-0.4, -0.2) is 58.1 Å². The van der Waals surface area contributed by atoms with Gasteiger partial charge in [0.15, 0.2) is 0 Å². The van der Waals surface area contributed by atoms with Crippen LogP contribution in [0.5, 0.6) is 0 Å². The zero-order valence-electron chi connectivity index (χ0n) is 21.2. The Balaban J connectivity index is 1.50. The molecule has 0 spiro atoms. The molecule has 0 amide bonds. The highest BCUT2D eigenvalue weighted by Crippen LogP contribution is 2.70. The van der Waals surface area contributed by atoms with E-state index in [4.69, 9.17) is 14.2 Å². The molecule has 0 bridgehead atoms. The highest BCUT2D eigenvalue weighted by Gasteiger charge is 2.71. The lowest BCUT2D eigenvalue weighted by atomic mass is 9.42. The van der Waals surface area contributed by atoms with E-state index in [9.17, 15) is 24.6 Å². The van der Waals surface area contributed by atoms with Crippen LogP contribution in [-0.2, 0) is 28.6 Å². The van der Waals surface area contributed by atoms with Gasteiger partial charge in [-0.25, -0.2) is 4.79 Å². The van der Waals surface area contributed by atoms with E-state index < -0.39 is 46.2 Å².